The molecule has 0 spiro atoms. The van der Waals surface area contributed by atoms with Crippen molar-refractivity contribution >= 4 is 13.3 Å². The molecule has 104 valence electrons. The Kier molecular flexibility index (Phi) is 4.04. The van der Waals surface area contributed by atoms with Gasteiger partial charge in [0.2, 0.25) is 0 Å². The highest BCUT2D eigenvalue weighted by Crippen LogP contribution is 2.37. The highest BCUT2D eigenvalue weighted by atomic mass is 19.4. The van der Waals surface area contributed by atoms with Crippen LogP contribution in [0, 0.1) is 0 Å². The van der Waals surface area contributed by atoms with Crippen LogP contribution >= 0.6 is 0 Å². The van der Waals surface area contributed by atoms with Crippen molar-refractivity contribution in [1.29, 1.82) is 0 Å². The smallest absolute Gasteiger partial charge is 0.419 e. The third kappa shape index (κ3) is 3.33. The second-order valence-corrected chi connectivity index (χ2v) is 4.45. The first kappa shape index (κ1) is 14.5. The molecule has 0 bridgehead atoms. The van der Waals surface area contributed by atoms with E-state index >= 15 is 0 Å². The summed E-state index contributed by atoms with van der Waals surface area (Å²) in [5, 5.41) is 0. The monoisotopic (exact) mass is 279 g/mol. The number of hydrogen-bond acceptors (Lipinski definition) is 2. The topological polar surface area (TPSA) is 35.2 Å². The third-order valence-electron chi connectivity index (χ3n) is 2.83. The third-order valence-corrected chi connectivity index (χ3v) is 2.83. The lowest BCUT2D eigenvalue weighted by molar-refractivity contribution is -0.138. The van der Waals surface area contributed by atoms with Gasteiger partial charge in [-0.3, -0.25) is 0 Å². The Morgan fingerprint density at radius 2 is 1.70 bits per heavy atom. The molecular formula is C14H13BF3NO. The summed E-state index contributed by atoms with van der Waals surface area (Å²) in [6, 6.07) is 10.6. The van der Waals surface area contributed by atoms with Gasteiger partial charge in [0.1, 0.15) is 19.3 Å². The first-order valence-corrected chi connectivity index (χ1v) is 6.05. The molecule has 0 amide bonds. The largest absolute Gasteiger partial charge is 0.457 e. The predicted molar refractivity (Wildman–Crippen MR) is 74.0 cm³/mol. The molecule has 0 unspecified atom stereocenters. The predicted octanol–water partition coefficient (Wildman–Crippen LogP) is 2.21. The van der Waals surface area contributed by atoms with Gasteiger partial charge in [-0.2, -0.15) is 13.2 Å². The molecule has 0 fully saturated rings. The average molecular weight is 279 g/mol. The van der Waals surface area contributed by atoms with Crippen molar-refractivity contribution < 1.29 is 17.9 Å². The van der Waals surface area contributed by atoms with Crippen LogP contribution in [0.1, 0.15) is 11.1 Å². The van der Waals surface area contributed by atoms with Gasteiger partial charge in [-0.1, -0.05) is 29.7 Å². The fraction of sp³-hybridized carbons (Fsp3) is 0.143. The van der Waals surface area contributed by atoms with Gasteiger partial charge < -0.3 is 10.5 Å². The van der Waals surface area contributed by atoms with E-state index in [1.807, 2.05) is 0 Å². The molecule has 2 rings (SSSR count). The van der Waals surface area contributed by atoms with Gasteiger partial charge in [0.05, 0.1) is 5.56 Å². The van der Waals surface area contributed by atoms with Crippen molar-refractivity contribution in [1.82, 2.24) is 0 Å². The standard InChI is InChI=1S/C14H13BF3NO/c15-10-3-6-13(12(7-10)14(16,17)18)20-11-4-1-9(8-19)2-5-11/h1-7H,8,15,19H2. The molecule has 0 radical (unpaired) electrons. The van der Waals surface area contributed by atoms with Crippen molar-refractivity contribution in [3.8, 4) is 11.5 Å². The Bertz CT molecular complexity index is 596. The molecule has 2 nitrogen and oxygen atoms in total. The summed E-state index contributed by atoms with van der Waals surface area (Å²) in [4.78, 5) is 0. The fourth-order valence-electron chi connectivity index (χ4n) is 1.77. The Hall–Kier alpha value is -1.95. The van der Waals surface area contributed by atoms with Crippen LogP contribution in [0.3, 0.4) is 0 Å². The molecule has 0 saturated heterocycles. The molecule has 2 aromatic rings. The summed E-state index contributed by atoms with van der Waals surface area (Å²) in [5.41, 5.74) is 6.10. The molecular weight excluding hydrogens is 266 g/mol. The summed E-state index contributed by atoms with van der Waals surface area (Å²) in [6.07, 6.45) is -4.45. The van der Waals surface area contributed by atoms with Crippen molar-refractivity contribution in [2.45, 2.75) is 12.7 Å². The van der Waals surface area contributed by atoms with Gasteiger partial charge in [0, 0.05) is 6.54 Å². The maximum Gasteiger partial charge on any atom is 0.419 e. The first-order valence-electron chi connectivity index (χ1n) is 6.05. The Balaban J connectivity index is 2.32. The minimum Gasteiger partial charge on any atom is -0.457 e. The fourth-order valence-corrected chi connectivity index (χ4v) is 1.77. The summed E-state index contributed by atoms with van der Waals surface area (Å²) in [5.74, 6) is 0.139. The molecule has 0 aliphatic carbocycles. The molecule has 2 aromatic carbocycles. The normalized spacial score (nSPS) is 11.4. The van der Waals surface area contributed by atoms with Crippen molar-refractivity contribution in [3.63, 3.8) is 0 Å². The van der Waals surface area contributed by atoms with Gasteiger partial charge in [0.15, 0.2) is 0 Å². The number of alkyl halides is 3. The van der Waals surface area contributed by atoms with Crippen molar-refractivity contribution in [3.05, 3.63) is 53.6 Å². The first-order chi connectivity index (χ1) is 9.40. The molecule has 6 heteroatoms. The quantitative estimate of drug-likeness (QED) is 0.874. The lowest BCUT2D eigenvalue weighted by Gasteiger charge is -2.14. The minimum absolute atomic E-state index is 0.205. The molecule has 0 aliphatic rings. The second-order valence-electron chi connectivity index (χ2n) is 4.45. The van der Waals surface area contributed by atoms with E-state index in [4.69, 9.17) is 10.5 Å². The lowest BCUT2D eigenvalue weighted by atomic mass is 9.94. The SMILES string of the molecule is Bc1ccc(Oc2ccc(CN)cc2)c(C(F)(F)F)c1. The van der Waals surface area contributed by atoms with Crippen molar-refractivity contribution in [2.24, 2.45) is 5.73 Å². The van der Waals surface area contributed by atoms with Gasteiger partial charge in [-0.15, -0.1) is 0 Å². The zero-order chi connectivity index (χ0) is 14.8. The second kappa shape index (κ2) is 5.59. The van der Waals surface area contributed by atoms with Gasteiger partial charge in [-0.25, -0.2) is 0 Å². The number of nitrogens with two attached hydrogens (primary N) is 1. The van der Waals surface area contributed by atoms with Gasteiger partial charge in [-0.05, 0) is 23.8 Å². The van der Waals surface area contributed by atoms with Crippen LogP contribution in [0.15, 0.2) is 42.5 Å². The minimum atomic E-state index is -4.45. The number of halogens is 3. The zero-order valence-corrected chi connectivity index (χ0v) is 10.9. The highest BCUT2D eigenvalue weighted by Gasteiger charge is 2.34. The number of ether oxygens (including phenoxy) is 1. The Labute approximate surface area is 115 Å². The zero-order valence-electron chi connectivity index (χ0n) is 10.9. The van der Waals surface area contributed by atoms with E-state index in [1.54, 1.807) is 38.2 Å². The van der Waals surface area contributed by atoms with E-state index in [0.29, 0.717) is 17.8 Å². The molecule has 0 aromatic heterocycles. The van der Waals surface area contributed by atoms with Crippen LogP contribution in [0.4, 0.5) is 13.2 Å². The van der Waals surface area contributed by atoms with E-state index in [1.165, 1.54) is 6.07 Å². The van der Waals surface area contributed by atoms with E-state index in [-0.39, 0.29) is 5.75 Å². The molecule has 20 heavy (non-hydrogen) atoms. The molecule has 0 saturated carbocycles. The summed E-state index contributed by atoms with van der Waals surface area (Å²) < 4.78 is 44.2. The number of hydrogen-bond donors (Lipinski definition) is 1. The van der Waals surface area contributed by atoms with Crippen LogP contribution in [-0.2, 0) is 12.7 Å². The van der Waals surface area contributed by atoms with E-state index < -0.39 is 11.7 Å². The van der Waals surface area contributed by atoms with Gasteiger partial charge in [0.25, 0.3) is 0 Å². The van der Waals surface area contributed by atoms with Crippen LogP contribution in [-0.4, -0.2) is 7.85 Å². The van der Waals surface area contributed by atoms with E-state index in [9.17, 15) is 13.2 Å². The van der Waals surface area contributed by atoms with Crippen LogP contribution < -0.4 is 15.9 Å². The molecule has 2 N–H and O–H groups in total. The maximum atomic E-state index is 13.0. The molecule has 0 aliphatic heterocycles. The summed E-state index contributed by atoms with van der Waals surface area (Å²) in [7, 11) is 1.61. The lowest BCUT2D eigenvalue weighted by Crippen LogP contribution is -2.12. The Morgan fingerprint density at radius 3 is 2.25 bits per heavy atom. The van der Waals surface area contributed by atoms with E-state index in [2.05, 4.69) is 0 Å². The van der Waals surface area contributed by atoms with Crippen LogP contribution in [0.5, 0.6) is 11.5 Å². The van der Waals surface area contributed by atoms with Crippen molar-refractivity contribution in [2.75, 3.05) is 0 Å². The number of rotatable bonds is 3. The van der Waals surface area contributed by atoms with Crippen LogP contribution in [0.2, 0.25) is 0 Å². The van der Waals surface area contributed by atoms with Gasteiger partial charge >= 0.3 is 6.18 Å². The maximum absolute atomic E-state index is 13.0. The highest BCUT2D eigenvalue weighted by molar-refractivity contribution is 6.32. The average Bonchev–Trinajstić information content (AvgIpc) is 2.40. The molecule has 0 heterocycles. The molecule has 0 atom stereocenters. The summed E-state index contributed by atoms with van der Waals surface area (Å²) >= 11 is 0. The van der Waals surface area contributed by atoms with Crippen LogP contribution in [0.25, 0.3) is 0 Å². The summed E-state index contributed by atoms with van der Waals surface area (Å²) in [6.45, 7) is 0.374. The van der Waals surface area contributed by atoms with E-state index in [0.717, 1.165) is 11.6 Å². The Morgan fingerprint density at radius 1 is 1.05 bits per heavy atom. The number of benzene rings is 2.